The Bertz CT molecular complexity index is 1030. The minimum Gasteiger partial charge on any atom is -1.00 e. The number of halogens is 1. The van der Waals surface area contributed by atoms with Gasteiger partial charge in [0.25, 0.3) is 0 Å². The maximum absolute atomic E-state index is 13.0. The van der Waals surface area contributed by atoms with Crippen molar-refractivity contribution in [2.45, 2.75) is 97.0 Å². The standard InChI is InChI=1S/C31H44NO2Se.BrH/c1-20(2)24-15-26(21(3)4)29(27(16-24)22(5)6)35-18-25-17-31(7,8)19-32(25)28(30(33)34-9)23-13-11-10-12-14-23;/h10-16,19-22,25,28H,17-18H2,1-9H3;1H/q+1;/p-1/t25?,28-;/m1./s1. The van der Waals surface area contributed by atoms with E-state index in [9.17, 15) is 4.79 Å². The number of hydrogen-bond acceptors (Lipinski definition) is 2. The van der Waals surface area contributed by atoms with Gasteiger partial charge in [0.2, 0.25) is 0 Å². The van der Waals surface area contributed by atoms with E-state index in [1.165, 1.54) is 23.8 Å². The number of methoxy groups -OCH3 is 1. The number of carbonyl (C=O) groups excluding carboxylic acids is 1. The molecule has 1 aliphatic rings. The summed E-state index contributed by atoms with van der Waals surface area (Å²) in [6.45, 7) is 18.4. The molecule has 3 nitrogen and oxygen atoms in total. The van der Waals surface area contributed by atoms with Gasteiger partial charge in [-0.1, -0.05) is 0 Å². The molecular weight excluding hydrogens is 577 g/mol. The smallest absolute Gasteiger partial charge is 1.00 e. The predicted octanol–water partition coefficient (Wildman–Crippen LogP) is 3.60. The second-order valence-corrected chi connectivity index (χ2v) is 13.7. The molecule has 0 saturated heterocycles. The van der Waals surface area contributed by atoms with Gasteiger partial charge in [-0.25, -0.2) is 0 Å². The van der Waals surface area contributed by atoms with Crippen LogP contribution in [-0.4, -0.2) is 44.9 Å². The van der Waals surface area contributed by atoms with Crippen LogP contribution in [0.4, 0.5) is 0 Å². The first kappa shape index (κ1) is 30.8. The predicted molar refractivity (Wildman–Crippen MR) is 149 cm³/mol. The largest absolute Gasteiger partial charge is 1.00 e. The van der Waals surface area contributed by atoms with Crippen molar-refractivity contribution in [1.29, 1.82) is 0 Å². The van der Waals surface area contributed by atoms with E-state index in [4.69, 9.17) is 4.74 Å². The van der Waals surface area contributed by atoms with Gasteiger partial charge in [0.15, 0.2) is 0 Å². The molecular formula is C31H44BrNO2Se. The van der Waals surface area contributed by atoms with Crippen LogP contribution in [0.1, 0.15) is 108 Å². The third kappa shape index (κ3) is 7.11. The topological polar surface area (TPSA) is 29.3 Å². The Morgan fingerprint density at radius 1 is 0.972 bits per heavy atom. The van der Waals surface area contributed by atoms with Crippen molar-refractivity contribution < 1.29 is 31.1 Å². The molecule has 0 fully saturated rings. The van der Waals surface area contributed by atoms with Crippen LogP contribution in [0, 0.1) is 5.41 Å². The fourth-order valence-corrected chi connectivity index (χ4v) is 8.41. The average molecular weight is 622 g/mol. The van der Waals surface area contributed by atoms with Gasteiger partial charge in [-0.15, -0.1) is 0 Å². The minimum atomic E-state index is -0.402. The van der Waals surface area contributed by atoms with Crippen LogP contribution < -0.4 is 21.4 Å². The van der Waals surface area contributed by atoms with E-state index >= 15 is 0 Å². The Balaban J connectivity index is 0.00000456. The van der Waals surface area contributed by atoms with Crippen molar-refractivity contribution >= 4 is 31.6 Å². The van der Waals surface area contributed by atoms with E-state index in [-0.39, 0.29) is 28.4 Å². The van der Waals surface area contributed by atoms with Crippen molar-refractivity contribution in [1.82, 2.24) is 0 Å². The molecule has 0 spiro atoms. The van der Waals surface area contributed by atoms with Gasteiger partial charge in [-0.05, 0) is 0 Å². The number of carbonyl (C=O) groups is 1. The van der Waals surface area contributed by atoms with Gasteiger partial charge in [0.1, 0.15) is 0 Å². The number of nitrogens with zero attached hydrogens (tertiary/aromatic N) is 1. The maximum atomic E-state index is 13.0. The van der Waals surface area contributed by atoms with Crippen molar-refractivity contribution in [3.63, 3.8) is 0 Å². The van der Waals surface area contributed by atoms with Crippen LogP contribution >= 0.6 is 0 Å². The van der Waals surface area contributed by atoms with Crippen LogP contribution in [-0.2, 0) is 9.53 Å². The summed E-state index contributed by atoms with van der Waals surface area (Å²) in [6.07, 6.45) is 3.34. The minimum absolute atomic E-state index is 0. The summed E-state index contributed by atoms with van der Waals surface area (Å²) in [4.78, 5) is 13.0. The molecule has 2 atom stereocenters. The van der Waals surface area contributed by atoms with Gasteiger partial charge >= 0.3 is 220 Å². The molecule has 2 aromatic carbocycles. The summed E-state index contributed by atoms with van der Waals surface area (Å²) in [5.41, 5.74) is 5.52. The molecule has 1 heterocycles. The Morgan fingerprint density at radius 2 is 1.53 bits per heavy atom. The molecule has 5 heteroatoms. The summed E-state index contributed by atoms with van der Waals surface area (Å²) < 4.78 is 9.19. The second kappa shape index (κ2) is 12.9. The molecule has 1 aliphatic heterocycles. The summed E-state index contributed by atoms with van der Waals surface area (Å²) in [5.74, 6) is 1.34. The summed E-state index contributed by atoms with van der Waals surface area (Å²) in [6, 6.07) is 14.9. The second-order valence-electron chi connectivity index (χ2n) is 11.6. The third-order valence-corrected chi connectivity index (χ3v) is 9.77. The Hall–Kier alpha value is -1.42. The molecule has 0 saturated carbocycles. The average Bonchev–Trinajstić information content (AvgIpc) is 3.11. The Kier molecular flexibility index (Phi) is 11.0. The van der Waals surface area contributed by atoms with Crippen molar-refractivity contribution in [2.75, 3.05) is 7.11 Å². The van der Waals surface area contributed by atoms with Crippen LogP contribution in [0.25, 0.3) is 0 Å². The number of ether oxygens (including phenoxy) is 1. The molecule has 2 aromatic rings. The maximum Gasteiger partial charge on any atom is -1.00 e. The monoisotopic (exact) mass is 621 g/mol. The summed E-state index contributed by atoms with van der Waals surface area (Å²) in [7, 11) is 1.50. The van der Waals surface area contributed by atoms with Gasteiger partial charge in [0, 0.05) is 0 Å². The molecule has 0 amide bonds. The molecule has 36 heavy (non-hydrogen) atoms. The van der Waals surface area contributed by atoms with E-state index < -0.39 is 6.04 Å². The Labute approximate surface area is 236 Å². The van der Waals surface area contributed by atoms with Crippen LogP contribution in [0.3, 0.4) is 0 Å². The number of benzene rings is 2. The third-order valence-electron chi connectivity index (χ3n) is 7.02. The molecule has 198 valence electrons. The van der Waals surface area contributed by atoms with E-state index in [2.05, 4.69) is 78.3 Å². The Morgan fingerprint density at radius 3 is 2.00 bits per heavy atom. The van der Waals surface area contributed by atoms with Crippen LogP contribution in [0.5, 0.6) is 0 Å². The zero-order chi connectivity index (χ0) is 25.9. The number of esters is 1. The van der Waals surface area contributed by atoms with E-state index in [1.54, 1.807) is 4.46 Å². The fraction of sp³-hybridized carbons (Fsp3) is 0.548. The number of rotatable bonds is 9. The number of hydrogen-bond donors (Lipinski definition) is 0. The van der Waals surface area contributed by atoms with Gasteiger partial charge in [0.05, 0.1) is 0 Å². The molecule has 1 unspecified atom stereocenters. The van der Waals surface area contributed by atoms with E-state index in [0.717, 1.165) is 17.3 Å². The zero-order valence-electron chi connectivity index (χ0n) is 23.5. The zero-order valence-corrected chi connectivity index (χ0v) is 26.8. The van der Waals surface area contributed by atoms with Crippen LogP contribution in [0.15, 0.2) is 42.5 Å². The van der Waals surface area contributed by atoms with E-state index in [1.807, 2.05) is 30.3 Å². The van der Waals surface area contributed by atoms with Crippen LogP contribution in [0.2, 0.25) is 5.32 Å². The summed E-state index contributed by atoms with van der Waals surface area (Å²) in [5, 5.41) is 1.08. The molecule has 0 radical (unpaired) electrons. The fourth-order valence-electron chi connectivity index (χ4n) is 5.12. The van der Waals surface area contributed by atoms with Crippen molar-refractivity contribution in [3.8, 4) is 0 Å². The van der Waals surface area contributed by atoms with Gasteiger partial charge < -0.3 is 17.0 Å². The first-order valence-electron chi connectivity index (χ1n) is 13.0. The molecule has 0 N–H and O–H groups in total. The molecule has 0 aliphatic carbocycles. The molecule has 3 rings (SSSR count). The quantitative estimate of drug-likeness (QED) is 0.244. The SMILES string of the molecule is COC(=O)[C@@H](c1ccccc1)[N+]1=CC(C)(C)CC1C[Se]c1c(C(C)C)cc(C(C)C)cc1C(C)C.[Br-]. The summed E-state index contributed by atoms with van der Waals surface area (Å²) >= 11 is 0.309. The van der Waals surface area contributed by atoms with E-state index in [0.29, 0.717) is 38.8 Å². The normalized spacial score (nSPS) is 17.8. The first-order valence-corrected chi connectivity index (χ1v) is 15.1. The molecule has 0 bridgehead atoms. The first-order chi connectivity index (χ1) is 16.4. The van der Waals surface area contributed by atoms with Gasteiger partial charge in [-0.3, -0.25) is 0 Å². The van der Waals surface area contributed by atoms with Crippen molar-refractivity contribution in [3.05, 3.63) is 64.7 Å². The molecule has 0 aromatic heterocycles. The van der Waals surface area contributed by atoms with Gasteiger partial charge in [-0.2, -0.15) is 0 Å². The van der Waals surface area contributed by atoms with Crippen molar-refractivity contribution in [2.24, 2.45) is 5.41 Å².